The number of halogens is 2. The molecule has 0 saturated heterocycles. The van der Waals surface area contributed by atoms with E-state index < -0.39 is 17.4 Å². The summed E-state index contributed by atoms with van der Waals surface area (Å²) in [4.78, 5) is 17.7. The summed E-state index contributed by atoms with van der Waals surface area (Å²) < 4.78 is 27.1. The minimum absolute atomic E-state index is 0.0160. The predicted molar refractivity (Wildman–Crippen MR) is 177 cm³/mol. The Morgan fingerprint density at radius 3 is 1.65 bits per heavy atom. The third-order valence-electron chi connectivity index (χ3n) is 6.80. The Bertz CT molecular complexity index is 1990. The fourth-order valence-electron chi connectivity index (χ4n) is 4.58. The van der Waals surface area contributed by atoms with Crippen molar-refractivity contribution in [2.45, 2.75) is 25.9 Å². The molecular formula is C34H34F2N8O2. The number of para-hydroxylation sites is 3. The number of aromatic hydroxyl groups is 2. The molecule has 12 heteroatoms. The molecule has 0 saturated carbocycles. The summed E-state index contributed by atoms with van der Waals surface area (Å²) in [6.45, 7) is 4.84. The first-order valence-electron chi connectivity index (χ1n) is 14.6. The van der Waals surface area contributed by atoms with Crippen LogP contribution in [0.1, 0.15) is 13.8 Å². The van der Waals surface area contributed by atoms with Gasteiger partial charge < -0.3 is 32.3 Å². The summed E-state index contributed by atoms with van der Waals surface area (Å²) in [6.07, 6.45) is 0. The van der Waals surface area contributed by atoms with Crippen LogP contribution in [-0.2, 0) is 0 Å². The molecule has 0 spiro atoms. The standard InChI is InChI=1S/C17H16F2N4O.C17H18N4O/c1-9(20)8-21-16-11-4-2-3-5-14(11)22-17(23-16)12-6-10(18)7-13(19)15(12)24;1-11(18)10-19-16-12-6-2-4-8-14(12)20-17(21-16)13-7-3-5-9-15(13)22/h2-7,9,24H,8,20H2,1H3,(H,21,22,23);2-9,11,22H,10,18H2,1H3,(H,19,20,21)/t9-;11-/m11/s1. The molecular weight excluding hydrogens is 590 g/mol. The molecule has 6 rings (SSSR count). The highest BCUT2D eigenvalue weighted by Gasteiger charge is 2.17. The van der Waals surface area contributed by atoms with Crippen LogP contribution in [0.3, 0.4) is 0 Å². The maximum absolute atomic E-state index is 13.6. The molecule has 10 nitrogen and oxygen atoms in total. The molecule has 0 aliphatic heterocycles. The van der Waals surface area contributed by atoms with Crippen molar-refractivity contribution in [1.82, 2.24) is 19.9 Å². The predicted octanol–water partition coefficient (Wildman–Crippen LogP) is 5.80. The zero-order valence-electron chi connectivity index (χ0n) is 25.2. The van der Waals surface area contributed by atoms with Crippen LogP contribution < -0.4 is 22.1 Å². The van der Waals surface area contributed by atoms with Gasteiger partial charge in [-0.15, -0.1) is 0 Å². The molecule has 2 aromatic heterocycles. The van der Waals surface area contributed by atoms with Crippen molar-refractivity contribution in [3.63, 3.8) is 0 Å². The van der Waals surface area contributed by atoms with E-state index in [2.05, 4.69) is 30.6 Å². The molecule has 8 N–H and O–H groups in total. The van der Waals surface area contributed by atoms with Crippen molar-refractivity contribution in [2.24, 2.45) is 11.5 Å². The molecule has 6 aromatic rings. The third kappa shape index (κ3) is 7.42. The number of anilines is 2. The van der Waals surface area contributed by atoms with Crippen molar-refractivity contribution in [3.8, 4) is 34.3 Å². The summed E-state index contributed by atoms with van der Waals surface area (Å²) in [5.74, 6) is -0.686. The second-order valence-electron chi connectivity index (χ2n) is 10.8. The normalized spacial score (nSPS) is 12.3. The molecule has 0 radical (unpaired) electrons. The molecule has 0 fully saturated rings. The summed E-state index contributed by atoms with van der Waals surface area (Å²) in [5.41, 5.74) is 13.5. The van der Waals surface area contributed by atoms with E-state index in [1.165, 1.54) is 0 Å². The Hall–Kier alpha value is -5.46. The number of phenolic OH excluding ortho intramolecular Hbond substituents is 2. The summed E-state index contributed by atoms with van der Waals surface area (Å²) in [5, 5.41) is 28.0. The SMILES string of the molecule is C[C@@H](N)CNc1nc(-c2cc(F)cc(F)c2O)nc2ccccc12.C[C@@H](N)CNc1nc(-c2ccccc2O)nc2ccccc12. The van der Waals surface area contributed by atoms with Gasteiger partial charge in [-0.2, -0.15) is 0 Å². The quantitative estimate of drug-likeness (QED) is 0.122. The number of phenols is 2. The lowest BCUT2D eigenvalue weighted by atomic mass is 10.1. The average molecular weight is 625 g/mol. The minimum Gasteiger partial charge on any atom is -0.507 e. The molecule has 236 valence electrons. The Labute approximate surface area is 264 Å². The van der Waals surface area contributed by atoms with Gasteiger partial charge in [0.1, 0.15) is 23.2 Å². The minimum atomic E-state index is -1.06. The average Bonchev–Trinajstić information content (AvgIpc) is 3.04. The van der Waals surface area contributed by atoms with Gasteiger partial charge in [0, 0.05) is 42.0 Å². The van der Waals surface area contributed by atoms with Gasteiger partial charge in [0.25, 0.3) is 0 Å². The van der Waals surface area contributed by atoms with Gasteiger partial charge in [-0.1, -0.05) is 36.4 Å². The van der Waals surface area contributed by atoms with Gasteiger partial charge in [0.2, 0.25) is 0 Å². The van der Waals surface area contributed by atoms with Gasteiger partial charge in [-0.3, -0.25) is 0 Å². The highest BCUT2D eigenvalue weighted by Crippen LogP contribution is 2.33. The molecule has 0 bridgehead atoms. The van der Waals surface area contributed by atoms with Crippen LogP contribution >= 0.6 is 0 Å². The molecule has 0 unspecified atom stereocenters. The Morgan fingerprint density at radius 1 is 0.652 bits per heavy atom. The molecule has 0 aliphatic rings. The van der Waals surface area contributed by atoms with Crippen molar-refractivity contribution in [3.05, 3.63) is 96.6 Å². The topological polar surface area (TPSA) is 168 Å². The van der Waals surface area contributed by atoms with E-state index in [1.54, 1.807) is 30.3 Å². The number of hydrogen-bond donors (Lipinski definition) is 6. The smallest absolute Gasteiger partial charge is 0.168 e. The van der Waals surface area contributed by atoms with E-state index in [1.807, 2.05) is 56.3 Å². The van der Waals surface area contributed by atoms with Crippen LogP contribution in [0.5, 0.6) is 11.5 Å². The highest BCUT2D eigenvalue weighted by molar-refractivity contribution is 5.92. The lowest BCUT2D eigenvalue weighted by Crippen LogP contribution is -2.25. The zero-order valence-corrected chi connectivity index (χ0v) is 25.2. The van der Waals surface area contributed by atoms with Gasteiger partial charge in [-0.25, -0.2) is 28.7 Å². The monoisotopic (exact) mass is 624 g/mol. The Balaban J connectivity index is 0.000000182. The lowest BCUT2D eigenvalue weighted by Gasteiger charge is -2.13. The van der Waals surface area contributed by atoms with E-state index in [0.717, 1.165) is 28.2 Å². The number of nitrogens with zero attached hydrogens (tertiary/aromatic N) is 4. The van der Waals surface area contributed by atoms with Gasteiger partial charge in [0.15, 0.2) is 23.2 Å². The molecule has 0 aliphatic carbocycles. The van der Waals surface area contributed by atoms with E-state index in [-0.39, 0.29) is 29.2 Å². The number of nitrogens with two attached hydrogens (primary N) is 2. The van der Waals surface area contributed by atoms with Crippen LogP contribution in [0.4, 0.5) is 20.4 Å². The van der Waals surface area contributed by atoms with Gasteiger partial charge >= 0.3 is 0 Å². The Morgan fingerprint density at radius 2 is 1.13 bits per heavy atom. The number of nitrogens with one attached hydrogen (secondary N) is 2. The summed E-state index contributed by atoms with van der Waals surface area (Å²) in [7, 11) is 0. The van der Waals surface area contributed by atoms with Crippen LogP contribution in [0.15, 0.2) is 84.9 Å². The number of aromatic nitrogens is 4. The first-order chi connectivity index (χ1) is 22.1. The van der Waals surface area contributed by atoms with Gasteiger partial charge in [-0.05, 0) is 56.3 Å². The largest absolute Gasteiger partial charge is 0.507 e. The second kappa shape index (κ2) is 14.1. The van der Waals surface area contributed by atoms with Crippen LogP contribution in [0, 0.1) is 11.6 Å². The van der Waals surface area contributed by atoms with Crippen molar-refractivity contribution < 1.29 is 19.0 Å². The van der Waals surface area contributed by atoms with E-state index in [9.17, 15) is 19.0 Å². The molecule has 46 heavy (non-hydrogen) atoms. The highest BCUT2D eigenvalue weighted by atomic mass is 19.1. The van der Waals surface area contributed by atoms with E-state index >= 15 is 0 Å². The van der Waals surface area contributed by atoms with Crippen LogP contribution in [-0.4, -0.2) is 55.3 Å². The van der Waals surface area contributed by atoms with E-state index in [4.69, 9.17) is 11.5 Å². The lowest BCUT2D eigenvalue weighted by molar-refractivity contribution is 0.429. The fraction of sp³-hybridized carbons (Fsp3) is 0.176. The van der Waals surface area contributed by atoms with Crippen LogP contribution in [0.2, 0.25) is 0 Å². The third-order valence-corrected chi connectivity index (χ3v) is 6.80. The maximum Gasteiger partial charge on any atom is 0.168 e. The van der Waals surface area contributed by atoms with E-state index in [0.29, 0.717) is 41.9 Å². The maximum atomic E-state index is 13.6. The van der Waals surface area contributed by atoms with Crippen molar-refractivity contribution in [2.75, 3.05) is 23.7 Å². The molecule has 4 aromatic carbocycles. The summed E-state index contributed by atoms with van der Waals surface area (Å²) >= 11 is 0. The molecule has 2 heterocycles. The van der Waals surface area contributed by atoms with Crippen molar-refractivity contribution >= 4 is 33.4 Å². The second-order valence-corrected chi connectivity index (χ2v) is 10.8. The molecule has 0 amide bonds. The van der Waals surface area contributed by atoms with Gasteiger partial charge in [0.05, 0.1) is 22.2 Å². The fourth-order valence-corrected chi connectivity index (χ4v) is 4.58. The van der Waals surface area contributed by atoms with Crippen LogP contribution in [0.25, 0.3) is 44.6 Å². The zero-order chi connectivity index (χ0) is 32.8. The first-order valence-corrected chi connectivity index (χ1v) is 14.6. The summed E-state index contributed by atoms with van der Waals surface area (Å²) in [6, 6.07) is 23.5. The Kier molecular flexibility index (Phi) is 9.79. The number of benzene rings is 4. The van der Waals surface area contributed by atoms with Crippen molar-refractivity contribution in [1.29, 1.82) is 0 Å². The first kappa shape index (κ1) is 31.9. The number of hydrogen-bond acceptors (Lipinski definition) is 10. The molecule has 2 atom stereocenters. The number of rotatable bonds is 8. The number of fused-ring (bicyclic) bond motifs is 2.